The first kappa shape index (κ1) is 10.9. The molecule has 0 spiro atoms. The monoisotopic (exact) mass is 219 g/mol. The fourth-order valence-electron chi connectivity index (χ4n) is 1.07. The molecule has 0 saturated carbocycles. The van der Waals surface area contributed by atoms with E-state index in [1.165, 1.54) is 11.8 Å². The largest absolute Gasteiger partial charge is 0.382 e. The maximum absolute atomic E-state index is 11.2. The molecule has 0 aromatic carbocycles. The Morgan fingerprint density at radius 3 is 3.00 bits per heavy atom. The fourth-order valence-corrected chi connectivity index (χ4v) is 2.19. The number of thiocarbonyl (C=S) groups is 1. The van der Waals surface area contributed by atoms with Crippen LogP contribution in [0.3, 0.4) is 0 Å². The number of carbonyl (C=O) groups excluding carboxylic acids is 1. The second kappa shape index (κ2) is 5.57. The van der Waals surface area contributed by atoms with E-state index in [4.69, 9.17) is 17.0 Å². The SMILES string of the molecule is CCOCCCN1C(=O)CSC1=S. The van der Waals surface area contributed by atoms with Gasteiger partial charge in [0, 0.05) is 19.8 Å². The second-order valence-electron chi connectivity index (χ2n) is 2.65. The lowest BCUT2D eigenvalue weighted by molar-refractivity contribution is -0.124. The van der Waals surface area contributed by atoms with Crippen molar-refractivity contribution >= 4 is 34.2 Å². The van der Waals surface area contributed by atoms with E-state index in [-0.39, 0.29) is 5.91 Å². The summed E-state index contributed by atoms with van der Waals surface area (Å²) in [5, 5.41) is 0. The molecule has 1 amide bonds. The number of carbonyl (C=O) groups is 1. The predicted molar refractivity (Wildman–Crippen MR) is 57.9 cm³/mol. The maximum atomic E-state index is 11.2. The molecular formula is C8H13NO2S2. The van der Waals surface area contributed by atoms with Crippen LogP contribution in [0.25, 0.3) is 0 Å². The molecule has 1 heterocycles. The summed E-state index contributed by atoms with van der Waals surface area (Å²) in [6.45, 7) is 4.09. The molecule has 1 fully saturated rings. The van der Waals surface area contributed by atoms with E-state index in [1.54, 1.807) is 4.90 Å². The number of hydrogen-bond donors (Lipinski definition) is 0. The quantitative estimate of drug-likeness (QED) is 0.514. The number of ether oxygens (including phenoxy) is 1. The first-order valence-corrected chi connectivity index (χ1v) is 5.70. The van der Waals surface area contributed by atoms with Gasteiger partial charge in [0.15, 0.2) is 0 Å². The van der Waals surface area contributed by atoms with Gasteiger partial charge in [-0.25, -0.2) is 0 Å². The van der Waals surface area contributed by atoms with Gasteiger partial charge in [0.25, 0.3) is 0 Å². The molecule has 1 aliphatic rings. The summed E-state index contributed by atoms with van der Waals surface area (Å²) < 4.78 is 5.89. The van der Waals surface area contributed by atoms with Crippen LogP contribution in [0.1, 0.15) is 13.3 Å². The van der Waals surface area contributed by atoms with E-state index in [9.17, 15) is 4.79 Å². The average Bonchev–Trinajstić information content (AvgIpc) is 2.42. The van der Waals surface area contributed by atoms with E-state index in [0.717, 1.165) is 13.0 Å². The highest BCUT2D eigenvalue weighted by Gasteiger charge is 2.25. The first-order valence-electron chi connectivity index (χ1n) is 4.30. The van der Waals surface area contributed by atoms with Crippen molar-refractivity contribution in [2.45, 2.75) is 13.3 Å². The van der Waals surface area contributed by atoms with Gasteiger partial charge in [-0.15, -0.1) is 0 Å². The van der Waals surface area contributed by atoms with Crippen molar-refractivity contribution in [2.75, 3.05) is 25.5 Å². The zero-order chi connectivity index (χ0) is 9.68. The third-order valence-corrected chi connectivity index (χ3v) is 3.15. The van der Waals surface area contributed by atoms with Gasteiger partial charge in [-0.05, 0) is 13.3 Å². The molecule has 3 nitrogen and oxygen atoms in total. The highest BCUT2D eigenvalue weighted by molar-refractivity contribution is 8.23. The Morgan fingerprint density at radius 1 is 1.69 bits per heavy atom. The maximum Gasteiger partial charge on any atom is 0.238 e. The van der Waals surface area contributed by atoms with Crippen molar-refractivity contribution in [2.24, 2.45) is 0 Å². The van der Waals surface area contributed by atoms with Crippen LogP contribution >= 0.6 is 24.0 Å². The first-order chi connectivity index (χ1) is 6.25. The van der Waals surface area contributed by atoms with Gasteiger partial charge < -0.3 is 4.74 Å². The molecule has 1 saturated heterocycles. The van der Waals surface area contributed by atoms with Gasteiger partial charge in [0.2, 0.25) is 5.91 Å². The fraction of sp³-hybridized carbons (Fsp3) is 0.750. The normalized spacial score (nSPS) is 17.2. The minimum atomic E-state index is 0.131. The Bertz CT molecular complexity index is 192. The topological polar surface area (TPSA) is 29.5 Å². The standard InChI is InChI=1S/C8H13NO2S2/c1-2-11-5-3-4-9-7(10)6-13-8(9)12/h2-6H2,1H3. The number of nitrogens with zero attached hydrogens (tertiary/aromatic N) is 1. The van der Waals surface area contributed by atoms with E-state index < -0.39 is 0 Å². The van der Waals surface area contributed by atoms with Gasteiger partial charge in [0.1, 0.15) is 4.32 Å². The van der Waals surface area contributed by atoms with Crippen LogP contribution in [-0.4, -0.2) is 40.6 Å². The zero-order valence-corrected chi connectivity index (χ0v) is 9.25. The van der Waals surface area contributed by atoms with Gasteiger partial charge in [0.05, 0.1) is 5.75 Å². The summed E-state index contributed by atoms with van der Waals surface area (Å²) in [6, 6.07) is 0. The molecule has 5 heteroatoms. The highest BCUT2D eigenvalue weighted by atomic mass is 32.2. The molecule has 1 aliphatic heterocycles. The van der Waals surface area contributed by atoms with Crippen molar-refractivity contribution in [3.05, 3.63) is 0 Å². The van der Waals surface area contributed by atoms with Crippen LogP contribution in [0.15, 0.2) is 0 Å². The molecule has 13 heavy (non-hydrogen) atoms. The highest BCUT2D eigenvalue weighted by Crippen LogP contribution is 2.19. The summed E-state index contributed by atoms with van der Waals surface area (Å²) in [4.78, 5) is 12.9. The minimum absolute atomic E-state index is 0.131. The summed E-state index contributed by atoms with van der Waals surface area (Å²) in [6.07, 6.45) is 0.861. The second-order valence-corrected chi connectivity index (χ2v) is 4.26. The number of rotatable bonds is 5. The molecule has 0 aromatic rings. The summed E-state index contributed by atoms with van der Waals surface area (Å²) in [7, 11) is 0. The van der Waals surface area contributed by atoms with E-state index >= 15 is 0 Å². The van der Waals surface area contributed by atoms with Gasteiger partial charge in [-0.1, -0.05) is 24.0 Å². The van der Waals surface area contributed by atoms with Crippen LogP contribution in [0, 0.1) is 0 Å². The Labute approximate surface area is 87.8 Å². The smallest absolute Gasteiger partial charge is 0.238 e. The number of amides is 1. The Morgan fingerprint density at radius 2 is 2.46 bits per heavy atom. The van der Waals surface area contributed by atoms with Gasteiger partial charge in [-0.2, -0.15) is 0 Å². The predicted octanol–water partition coefficient (Wildman–Crippen LogP) is 1.27. The molecule has 0 N–H and O–H groups in total. The Balaban J connectivity index is 2.20. The summed E-state index contributed by atoms with van der Waals surface area (Å²) in [5.74, 6) is 0.638. The molecule has 0 aliphatic carbocycles. The van der Waals surface area contributed by atoms with Gasteiger partial charge >= 0.3 is 0 Å². The van der Waals surface area contributed by atoms with E-state index in [1.807, 2.05) is 6.92 Å². The average molecular weight is 219 g/mol. The lowest BCUT2D eigenvalue weighted by atomic mass is 10.4. The van der Waals surface area contributed by atoms with Crippen molar-refractivity contribution in [3.63, 3.8) is 0 Å². The molecule has 0 unspecified atom stereocenters. The lowest BCUT2D eigenvalue weighted by Gasteiger charge is -2.13. The molecule has 0 radical (unpaired) electrons. The van der Waals surface area contributed by atoms with Crippen molar-refractivity contribution in [1.82, 2.24) is 4.90 Å². The zero-order valence-electron chi connectivity index (χ0n) is 7.62. The Hall–Kier alpha value is -0.130. The third-order valence-electron chi connectivity index (χ3n) is 1.72. The molecule has 0 atom stereocenters. The molecule has 74 valence electrons. The van der Waals surface area contributed by atoms with Crippen molar-refractivity contribution in [1.29, 1.82) is 0 Å². The third kappa shape index (κ3) is 3.25. The van der Waals surface area contributed by atoms with Crippen LogP contribution in [0.4, 0.5) is 0 Å². The summed E-state index contributed by atoms with van der Waals surface area (Å²) >= 11 is 6.47. The molecule has 1 rings (SSSR count). The van der Waals surface area contributed by atoms with Gasteiger partial charge in [-0.3, -0.25) is 9.69 Å². The van der Waals surface area contributed by atoms with E-state index in [2.05, 4.69) is 0 Å². The molecular weight excluding hydrogens is 206 g/mol. The number of thioether (sulfide) groups is 1. The van der Waals surface area contributed by atoms with Crippen LogP contribution in [-0.2, 0) is 9.53 Å². The van der Waals surface area contributed by atoms with Crippen molar-refractivity contribution in [3.8, 4) is 0 Å². The lowest BCUT2D eigenvalue weighted by Crippen LogP contribution is -2.30. The van der Waals surface area contributed by atoms with Crippen LogP contribution < -0.4 is 0 Å². The minimum Gasteiger partial charge on any atom is -0.382 e. The molecule has 0 bridgehead atoms. The Kier molecular flexibility index (Phi) is 4.69. The molecule has 0 aromatic heterocycles. The van der Waals surface area contributed by atoms with E-state index in [0.29, 0.717) is 23.2 Å². The van der Waals surface area contributed by atoms with Crippen LogP contribution in [0.2, 0.25) is 0 Å². The summed E-state index contributed by atoms with van der Waals surface area (Å²) in [5.41, 5.74) is 0. The van der Waals surface area contributed by atoms with Crippen LogP contribution in [0.5, 0.6) is 0 Å². The van der Waals surface area contributed by atoms with Crippen molar-refractivity contribution < 1.29 is 9.53 Å². The number of hydrogen-bond acceptors (Lipinski definition) is 4.